The minimum Gasteiger partial charge on any atom is -0.457 e. The second-order valence-electron chi connectivity index (χ2n) is 6.09. The molecule has 0 bridgehead atoms. The Morgan fingerprint density at radius 2 is 1.58 bits per heavy atom. The van der Waals surface area contributed by atoms with Crippen molar-refractivity contribution >= 4 is 12.4 Å². The number of aliphatic hydroxyl groups excluding tert-OH is 1. The fourth-order valence-corrected chi connectivity index (χ4v) is 3.09. The monoisotopic (exact) mass is 384 g/mol. The van der Waals surface area contributed by atoms with Crippen LogP contribution in [0.3, 0.4) is 0 Å². The molecule has 0 unspecified atom stereocenters. The van der Waals surface area contributed by atoms with E-state index in [1.54, 1.807) is 29.2 Å². The second-order valence-corrected chi connectivity index (χ2v) is 6.09. The van der Waals surface area contributed by atoms with Crippen molar-refractivity contribution in [1.82, 2.24) is 10.2 Å². The molecule has 26 heavy (non-hydrogen) atoms. The number of piperazine rings is 1. The average molecular weight is 385 g/mol. The van der Waals surface area contributed by atoms with Gasteiger partial charge in [-0.2, -0.15) is 0 Å². The molecule has 1 atom stereocenters. The van der Waals surface area contributed by atoms with E-state index >= 15 is 0 Å². The first kappa shape index (κ1) is 20.6. The Bertz CT molecular complexity index is 665. The molecule has 0 aromatic heterocycles. The van der Waals surface area contributed by atoms with E-state index in [4.69, 9.17) is 4.74 Å². The van der Waals surface area contributed by atoms with Gasteiger partial charge in [0, 0.05) is 26.2 Å². The van der Waals surface area contributed by atoms with E-state index in [-0.39, 0.29) is 12.4 Å². The number of nitrogens with one attached hydrogen (secondary N) is 1. The highest BCUT2D eigenvalue weighted by Gasteiger charge is 2.43. The van der Waals surface area contributed by atoms with E-state index in [0.29, 0.717) is 43.2 Å². The summed E-state index contributed by atoms with van der Waals surface area (Å²) < 4.78 is 34.5. The van der Waals surface area contributed by atoms with Crippen molar-refractivity contribution in [2.45, 2.75) is 12.0 Å². The van der Waals surface area contributed by atoms with E-state index in [1.807, 2.05) is 30.3 Å². The van der Waals surface area contributed by atoms with E-state index in [1.165, 1.54) is 0 Å². The molecule has 142 valence electrons. The first-order valence-corrected chi connectivity index (χ1v) is 8.36. The molecule has 2 aromatic rings. The maximum atomic E-state index is 14.4. The van der Waals surface area contributed by atoms with Crippen LogP contribution in [-0.2, 0) is 0 Å². The molecule has 1 heterocycles. The smallest absolute Gasteiger partial charge is 0.289 e. The predicted octanol–water partition coefficient (Wildman–Crippen LogP) is 3.47. The number of nitrogens with zero attached hydrogens (tertiary/aromatic N) is 1. The molecule has 0 amide bonds. The lowest BCUT2D eigenvalue weighted by Crippen LogP contribution is -2.51. The van der Waals surface area contributed by atoms with E-state index in [9.17, 15) is 13.9 Å². The van der Waals surface area contributed by atoms with Gasteiger partial charge in [0.25, 0.3) is 5.92 Å². The quantitative estimate of drug-likeness (QED) is 0.800. The largest absolute Gasteiger partial charge is 0.457 e. The van der Waals surface area contributed by atoms with Crippen LogP contribution < -0.4 is 10.1 Å². The molecule has 0 aliphatic carbocycles. The zero-order valence-corrected chi connectivity index (χ0v) is 15.1. The lowest BCUT2D eigenvalue weighted by molar-refractivity contribution is -0.118. The molecule has 1 fully saturated rings. The van der Waals surface area contributed by atoms with Crippen molar-refractivity contribution in [3.05, 3.63) is 60.2 Å². The summed E-state index contributed by atoms with van der Waals surface area (Å²) in [6.07, 6.45) is 0. The molecule has 1 saturated heterocycles. The molecule has 7 heteroatoms. The van der Waals surface area contributed by atoms with Gasteiger partial charge in [-0.05, 0) is 29.8 Å². The van der Waals surface area contributed by atoms with Gasteiger partial charge in [-0.1, -0.05) is 30.3 Å². The zero-order valence-electron chi connectivity index (χ0n) is 14.3. The molecular formula is C19H23ClF2N2O2. The molecular weight excluding hydrogens is 362 g/mol. The maximum absolute atomic E-state index is 14.4. The number of ether oxygens (including phenoxy) is 1. The van der Waals surface area contributed by atoms with E-state index < -0.39 is 18.6 Å². The normalized spacial score (nSPS) is 16.6. The van der Waals surface area contributed by atoms with Crippen molar-refractivity contribution in [3.63, 3.8) is 0 Å². The Balaban J connectivity index is 0.00000243. The van der Waals surface area contributed by atoms with Gasteiger partial charge >= 0.3 is 0 Å². The molecule has 4 nitrogen and oxygen atoms in total. The Morgan fingerprint density at radius 1 is 1.00 bits per heavy atom. The van der Waals surface area contributed by atoms with Crippen molar-refractivity contribution in [2.75, 3.05) is 32.8 Å². The molecule has 0 radical (unpaired) electrons. The predicted molar refractivity (Wildman–Crippen MR) is 99.4 cm³/mol. The lowest BCUT2D eigenvalue weighted by Gasteiger charge is -2.38. The van der Waals surface area contributed by atoms with Gasteiger partial charge in [0.2, 0.25) is 0 Å². The van der Waals surface area contributed by atoms with E-state index in [0.717, 1.165) is 0 Å². The molecule has 0 saturated carbocycles. The van der Waals surface area contributed by atoms with Crippen LogP contribution in [0.4, 0.5) is 8.78 Å². The van der Waals surface area contributed by atoms with Crippen molar-refractivity contribution in [1.29, 1.82) is 0 Å². The SMILES string of the molecule is Cl.OCC(F)(F)[C@H](c1ccc(Oc2ccccc2)cc1)N1CCNCC1. The first-order valence-electron chi connectivity index (χ1n) is 8.36. The Hall–Kier alpha value is -1.73. The minimum atomic E-state index is -3.21. The number of halogens is 3. The summed E-state index contributed by atoms with van der Waals surface area (Å²) in [4.78, 5) is 1.72. The Kier molecular flexibility index (Phi) is 7.34. The number of aliphatic hydroxyl groups is 1. The van der Waals surface area contributed by atoms with Gasteiger partial charge in [0.15, 0.2) is 0 Å². The van der Waals surface area contributed by atoms with Crippen LogP contribution in [0.1, 0.15) is 11.6 Å². The van der Waals surface area contributed by atoms with Crippen LogP contribution in [0.25, 0.3) is 0 Å². The van der Waals surface area contributed by atoms with Crippen LogP contribution in [-0.4, -0.2) is 48.7 Å². The molecule has 0 spiro atoms. The minimum absolute atomic E-state index is 0. The lowest BCUT2D eigenvalue weighted by atomic mass is 9.98. The second kappa shape index (κ2) is 9.28. The highest BCUT2D eigenvalue weighted by molar-refractivity contribution is 5.85. The Labute approximate surface area is 158 Å². The average Bonchev–Trinajstić information content (AvgIpc) is 2.65. The first-order chi connectivity index (χ1) is 12.1. The summed E-state index contributed by atoms with van der Waals surface area (Å²) in [6, 6.07) is 14.8. The third kappa shape index (κ3) is 4.92. The van der Waals surface area contributed by atoms with Crippen molar-refractivity contribution in [3.8, 4) is 11.5 Å². The standard InChI is InChI=1S/C19H22F2N2O2.ClH/c20-19(21,14-24)18(23-12-10-22-11-13-23)15-6-8-17(9-7-15)25-16-4-2-1-3-5-16;/h1-9,18,22,24H,10-14H2;1H/t18-;/m0./s1. The summed E-state index contributed by atoms with van der Waals surface area (Å²) in [6.45, 7) is 1.18. The number of alkyl halides is 2. The number of hydrogen-bond acceptors (Lipinski definition) is 4. The zero-order chi connectivity index (χ0) is 17.7. The summed E-state index contributed by atoms with van der Waals surface area (Å²) >= 11 is 0. The van der Waals surface area contributed by atoms with Gasteiger partial charge < -0.3 is 15.2 Å². The van der Waals surface area contributed by atoms with Crippen LogP contribution >= 0.6 is 12.4 Å². The van der Waals surface area contributed by atoms with E-state index in [2.05, 4.69) is 5.32 Å². The molecule has 2 N–H and O–H groups in total. The fourth-order valence-electron chi connectivity index (χ4n) is 3.09. The number of rotatable bonds is 6. The molecule has 1 aliphatic rings. The molecule has 1 aliphatic heterocycles. The van der Waals surface area contributed by atoms with Gasteiger partial charge in [-0.3, -0.25) is 4.90 Å². The van der Waals surface area contributed by atoms with Gasteiger partial charge in [0.05, 0.1) is 0 Å². The highest BCUT2D eigenvalue weighted by atomic mass is 35.5. The topological polar surface area (TPSA) is 44.7 Å². The number of para-hydroxylation sites is 1. The summed E-state index contributed by atoms with van der Waals surface area (Å²) in [5, 5.41) is 12.3. The summed E-state index contributed by atoms with van der Waals surface area (Å²) in [5.74, 6) is -1.94. The maximum Gasteiger partial charge on any atom is 0.289 e. The number of hydrogen-bond donors (Lipinski definition) is 2. The fraction of sp³-hybridized carbons (Fsp3) is 0.368. The van der Waals surface area contributed by atoms with Gasteiger partial charge in [-0.15, -0.1) is 12.4 Å². The highest BCUT2D eigenvalue weighted by Crippen LogP contribution is 2.37. The van der Waals surface area contributed by atoms with Crippen LogP contribution in [0.2, 0.25) is 0 Å². The third-order valence-electron chi connectivity index (χ3n) is 4.30. The van der Waals surface area contributed by atoms with Crippen molar-refractivity contribution < 1.29 is 18.6 Å². The van der Waals surface area contributed by atoms with Crippen LogP contribution in [0.5, 0.6) is 11.5 Å². The molecule has 3 rings (SSSR count). The van der Waals surface area contributed by atoms with Crippen molar-refractivity contribution in [2.24, 2.45) is 0 Å². The van der Waals surface area contributed by atoms with Gasteiger partial charge in [-0.25, -0.2) is 8.78 Å². The van der Waals surface area contributed by atoms with Crippen LogP contribution in [0, 0.1) is 0 Å². The molecule has 2 aromatic carbocycles. The number of benzene rings is 2. The third-order valence-corrected chi connectivity index (χ3v) is 4.30. The Morgan fingerprint density at radius 3 is 2.15 bits per heavy atom. The van der Waals surface area contributed by atoms with Crippen LogP contribution in [0.15, 0.2) is 54.6 Å². The summed E-state index contributed by atoms with van der Waals surface area (Å²) in [7, 11) is 0. The summed E-state index contributed by atoms with van der Waals surface area (Å²) in [5.41, 5.74) is 0.473. The van der Waals surface area contributed by atoms with Gasteiger partial charge in [0.1, 0.15) is 24.1 Å².